The number of hydrogen-bond donors (Lipinski definition) is 1. The number of benzene rings is 1. The molecule has 5 heteroatoms. The van der Waals surface area contributed by atoms with Crippen molar-refractivity contribution in [2.45, 2.75) is 13.0 Å². The van der Waals surface area contributed by atoms with E-state index in [4.69, 9.17) is 27.9 Å². The Bertz CT molecular complexity index is 340. The van der Waals surface area contributed by atoms with Gasteiger partial charge in [0, 0.05) is 16.9 Å². The van der Waals surface area contributed by atoms with Gasteiger partial charge in [0.1, 0.15) is 5.75 Å². The van der Waals surface area contributed by atoms with Crippen LogP contribution in [0.3, 0.4) is 0 Å². The molecule has 1 aromatic rings. The summed E-state index contributed by atoms with van der Waals surface area (Å²) in [6, 6.07) is 6.77. The van der Waals surface area contributed by atoms with Gasteiger partial charge >= 0.3 is 0 Å². The SMILES string of the molecule is CC(CCl)NC(=O)COc1ccc(Cl)cc1. The van der Waals surface area contributed by atoms with E-state index < -0.39 is 0 Å². The summed E-state index contributed by atoms with van der Waals surface area (Å²) in [6.07, 6.45) is 0. The van der Waals surface area contributed by atoms with Crippen molar-refractivity contribution in [2.75, 3.05) is 12.5 Å². The number of carbonyl (C=O) groups is 1. The van der Waals surface area contributed by atoms with Gasteiger partial charge in [-0.1, -0.05) is 11.6 Å². The van der Waals surface area contributed by atoms with E-state index in [1.807, 2.05) is 6.92 Å². The third kappa shape index (κ3) is 4.73. The lowest BCUT2D eigenvalue weighted by molar-refractivity contribution is -0.123. The number of amides is 1. The maximum Gasteiger partial charge on any atom is 0.258 e. The van der Waals surface area contributed by atoms with Crippen molar-refractivity contribution >= 4 is 29.1 Å². The van der Waals surface area contributed by atoms with Crippen LogP contribution in [0.25, 0.3) is 0 Å². The van der Waals surface area contributed by atoms with E-state index in [0.29, 0.717) is 16.7 Å². The van der Waals surface area contributed by atoms with Crippen molar-refractivity contribution in [3.05, 3.63) is 29.3 Å². The molecular weight excluding hydrogens is 249 g/mol. The van der Waals surface area contributed by atoms with Crippen LogP contribution in [-0.4, -0.2) is 24.4 Å². The highest BCUT2D eigenvalue weighted by atomic mass is 35.5. The average molecular weight is 262 g/mol. The van der Waals surface area contributed by atoms with E-state index in [2.05, 4.69) is 5.32 Å². The number of halogens is 2. The molecule has 16 heavy (non-hydrogen) atoms. The molecule has 0 saturated carbocycles. The zero-order chi connectivity index (χ0) is 12.0. The second kappa shape index (κ2) is 6.61. The van der Waals surface area contributed by atoms with E-state index in [1.54, 1.807) is 24.3 Å². The smallest absolute Gasteiger partial charge is 0.258 e. The average Bonchev–Trinajstić information content (AvgIpc) is 2.28. The van der Waals surface area contributed by atoms with Gasteiger partial charge in [-0.3, -0.25) is 4.79 Å². The standard InChI is InChI=1S/C11H13Cl2NO2/c1-8(6-12)14-11(15)7-16-10-4-2-9(13)3-5-10/h2-5,8H,6-7H2,1H3,(H,14,15). The molecule has 1 rings (SSSR count). The zero-order valence-electron chi connectivity index (χ0n) is 8.87. The first-order chi connectivity index (χ1) is 7.61. The summed E-state index contributed by atoms with van der Waals surface area (Å²) in [4.78, 5) is 11.3. The lowest BCUT2D eigenvalue weighted by Gasteiger charge is -2.11. The number of carbonyl (C=O) groups excluding carboxylic acids is 1. The summed E-state index contributed by atoms with van der Waals surface area (Å²) in [7, 11) is 0. The van der Waals surface area contributed by atoms with Crippen LogP contribution in [0.5, 0.6) is 5.75 Å². The molecule has 0 fully saturated rings. The van der Waals surface area contributed by atoms with E-state index in [0.717, 1.165) is 0 Å². The van der Waals surface area contributed by atoms with Gasteiger partial charge in [-0.05, 0) is 31.2 Å². The summed E-state index contributed by atoms with van der Waals surface area (Å²) in [5, 5.41) is 3.32. The van der Waals surface area contributed by atoms with E-state index in [-0.39, 0.29) is 18.6 Å². The van der Waals surface area contributed by atoms with Crippen LogP contribution < -0.4 is 10.1 Å². The van der Waals surface area contributed by atoms with Crippen molar-refractivity contribution in [1.29, 1.82) is 0 Å². The number of alkyl halides is 1. The molecule has 0 heterocycles. The molecule has 0 aromatic heterocycles. The van der Waals surface area contributed by atoms with Gasteiger partial charge in [0.15, 0.2) is 6.61 Å². The van der Waals surface area contributed by atoms with Crippen LogP contribution in [-0.2, 0) is 4.79 Å². The predicted octanol–water partition coefficient (Wildman–Crippen LogP) is 2.46. The maximum absolute atomic E-state index is 11.3. The van der Waals surface area contributed by atoms with Gasteiger partial charge < -0.3 is 10.1 Å². The lowest BCUT2D eigenvalue weighted by atomic mass is 10.3. The van der Waals surface area contributed by atoms with Gasteiger partial charge in [0.25, 0.3) is 5.91 Å². The van der Waals surface area contributed by atoms with Gasteiger partial charge in [0.2, 0.25) is 0 Å². The Morgan fingerprint density at radius 1 is 1.44 bits per heavy atom. The van der Waals surface area contributed by atoms with E-state index in [9.17, 15) is 4.79 Å². The number of rotatable bonds is 5. The molecule has 1 atom stereocenters. The highest BCUT2D eigenvalue weighted by Gasteiger charge is 2.06. The second-order valence-corrected chi connectivity index (χ2v) is 4.11. The molecule has 0 aliphatic rings. The van der Waals surface area contributed by atoms with Crippen molar-refractivity contribution < 1.29 is 9.53 Å². The normalized spacial score (nSPS) is 11.9. The molecular formula is C11H13Cl2NO2. The minimum atomic E-state index is -0.192. The second-order valence-electron chi connectivity index (χ2n) is 3.37. The van der Waals surface area contributed by atoms with Gasteiger partial charge in [0.05, 0.1) is 0 Å². The summed E-state index contributed by atoms with van der Waals surface area (Å²) in [5.41, 5.74) is 0. The number of nitrogens with one attached hydrogen (secondary N) is 1. The highest BCUT2D eigenvalue weighted by Crippen LogP contribution is 2.15. The molecule has 0 radical (unpaired) electrons. The fourth-order valence-electron chi connectivity index (χ4n) is 1.03. The van der Waals surface area contributed by atoms with Crippen LogP contribution in [0, 0.1) is 0 Å². The van der Waals surface area contributed by atoms with E-state index in [1.165, 1.54) is 0 Å². The molecule has 1 aromatic carbocycles. The monoisotopic (exact) mass is 261 g/mol. The molecule has 1 unspecified atom stereocenters. The Morgan fingerprint density at radius 3 is 2.62 bits per heavy atom. The first-order valence-corrected chi connectivity index (χ1v) is 5.76. The first-order valence-electron chi connectivity index (χ1n) is 4.85. The van der Waals surface area contributed by atoms with Crippen LogP contribution in [0.15, 0.2) is 24.3 Å². The minimum absolute atomic E-state index is 0.0249. The molecule has 0 aliphatic heterocycles. The van der Waals surface area contributed by atoms with Crippen molar-refractivity contribution in [2.24, 2.45) is 0 Å². The third-order valence-electron chi connectivity index (χ3n) is 1.82. The largest absolute Gasteiger partial charge is 0.484 e. The summed E-state index contributed by atoms with van der Waals surface area (Å²) in [6.45, 7) is 1.80. The molecule has 1 N–H and O–H groups in total. The van der Waals surface area contributed by atoms with Gasteiger partial charge in [-0.2, -0.15) is 0 Å². The fourth-order valence-corrected chi connectivity index (χ4v) is 1.24. The molecule has 88 valence electrons. The topological polar surface area (TPSA) is 38.3 Å². The number of hydrogen-bond acceptors (Lipinski definition) is 2. The Kier molecular flexibility index (Phi) is 5.43. The number of ether oxygens (including phenoxy) is 1. The van der Waals surface area contributed by atoms with Crippen molar-refractivity contribution in [1.82, 2.24) is 5.32 Å². The Hall–Kier alpha value is -0.930. The Balaban J connectivity index is 2.34. The minimum Gasteiger partial charge on any atom is -0.484 e. The molecule has 0 spiro atoms. The van der Waals surface area contributed by atoms with Crippen molar-refractivity contribution in [3.8, 4) is 5.75 Å². The fraction of sp³-hybridized carbons (Fsp3) is 0.364. The maximum atomic E-state index is 11.3. The molecule has 3 nitrogen and oxygen atoms in total. The van der Waals surface area contributed by atoms with Crippen molar-refractivity contribution in [3.63, 3.8) is 0 Å². The third-order valence-corrected chi connectivity index (χ3v) is 2.54. The quantitative estimate of drug-likeness (QED) is 0.828. The van der Waals surface area contributed by atoms with E-state index >= 15 is 0 Å². The van der Waals surface area contributed by atoms with Crippen LogP contribution in [0.4, 0.5) is 0 Å². The Morgan fingerprint density at radius 2 is 2.06 bits per heavy atom. The summed E-state index contributed by atoms with van der Waals surface area (Å²) >= 11 is 11.3. The zero-order valence-corrected chi connectivity index (χ0v) is 10.4. The molecule has 1 amide bonds. The first kappa shape index (κ1) is 13.1. The highest BCUT2D eigenvalue weighted by molar-refractivity contribution is 6.30. The molecule has 0 aliphatic carbocycles. The lowest BCUT2D eigenvalue weighted by Crippen LogP contribution is -2.37. The summed E-state index contributed by atoms with van der Waals surface area (Å²) < 4.78 is 5.25. The van der Waals surface area contributed by atoms with Crippen LogP contribution in [0.1, 0.15) is 6.92 Å². The molecule has 0 bridgehead atoms. The predicted molar refractivity (Wildman–Crippen MR) is 65.3 cm³/mol. The van der Waals surface area contributed by atoms with Gasteiger partial charge in [-0.15, -0.1) is 11.6 Å². The van der Waals surface area contributed by atoms with Crippen LogP contribution in [0.2, 0.25) is 5.02 Å². The molecule has 0 saturated heterocycles. The Labute approximate surface area is 105 Å². The van der Waals surface area contributed by atoms with Crippen LogP contribution >= 0.6 is 23.2 Å². The summed E-state index contributed by atoms with van der Waals surface area (Å²) in [5.74, 6) is 0.799. The van der Waals surface area contributed by atoms with Gasteiger partial charge in [-0.25, -0.2) is 0 Å².